The molecule has 1 aromatic carbocycles. The Labute approximate surface area is 111 Å². The van der Waals surface area contributed by atoms with Gasteiger partial charge < -0.3 is 5.32 Å². The molecule has 0 amide bonds. The smallest absolute Gasteiger partial charge is 0.254 e. The summed E-state index contributed by atoms with van der Waals surface area (Å²) in [4.78, 5) is 8.46. The average molecular weight is 253 g/mol. The lowest BCUT2D eigenvalue weighted by Crippen LogP contribution is -2.04. The number of anilines is 2. The highest BCUT2D eigenvalue weighted by Gasteiger charge is 2.07. The Kier molecular flexibility index (Phi) is 2.87. The van der Waals surface area contributed by atoms with Crippen LogP contribution in [-0.4, -0.2) is 19.6 Å². The topological polar surface area (TPSA) is 55.1 Å². The van der Waals surface area contributed by atoms with E-state index in [4.69, 9.17) is 0 Å². The quantitative estimate of drug-likeness (QED) is 0.779. The zero-order valence-electron chi connectivity index (χ0n) is 11.0. The van der Waals surface area contributed by atoms with Crippen LogP contribution in [0, 0.1) is 6.92 Å². The maximum atomic E-state index is 4.33. The van der Waals surface area contributed by atoms with Gasteiger partial charge in [0.2, 0.25) is 0 Å². The minimum atomic E-state index is 0.608. The second-order valence-corrected chi connectivity index (χ2v) is 4.39. The van der Waals surface area contributed by atoms with Crippen molar-refractivity contribution in [2.45, 2.75) is 20.3 Å². The van der Waals surface area contributed by atoms with Gasteiger partial charge in [0, 0.05) is 17.4 Å². The molecule has 0 spiro atoms. The van der Waals surface area contributed by atoms with Gasteiger partial charge in [-0.1, -0.05) is 25.1 Å². The number of fused-ring (bicyclic) bond motifs is 1. The van der Waals surface area contributed by atoms with E-state index in [0.29, 0.717) is 5.78 Å². The summed E-state index contributed by atoms with van der Waals surface area (Å²) < 4.78 is 1.71. The fraction of sp³-hybridized carbons (Fsp3) is 0.214. The average Bonchev–Trinajstić information content (AvgIpc) is 2.87. The van der Waals surface area contributed by atoms with E-state index in [9.17, 15) is 0 Å². The highest BCUT2D eigenvalue weighted by atomic mass is 15.3. The molecule has 0 aliphatic carbocycles. The van der Waals surface area contributed by atoms with Crippen LogP contribution in [0.15, 0.2) is 36.7 Å². The number of benzene rings is 1. The molecular weight excluding hydrogens is 238 g/mol. The van der Waals surface area contributed by atoms with Crippen molar-refractivity contribution in [3.63, 3.8) is 0 Å². The fourth-order valence-electron chi connectivity index (χ4n) is 2.11. The minimum absolute atomic E-state index is 0.608. The van der Waals surface area contributed by atoms with Crippen LogP contribution in [0.25, 0.3) is 5.78 Å². The summed E-state index contributed by atoms with van der Waals surface area (Å²) >= 11 is 0. The maximum Gasteiger partial charge on any atom is 0.254 e. The van der Waals surface area contributed by atoms with Gasteiger partial charge in [0.1, 0.15) is 12.1 Å². The Morgan fingerprint density at radius 2 is 2.11 bits per heavy atom. The third-order valence-corrected chi connectivity index (χ3v) is 3.04. The number of rotatable bonds is 3. The number of para-hydroxylation sites is 1. The fourth-order valence-corrected chi connectivity index (χ4v) is 2.11. The molecule has 0 saturated heterocycles. The van der Waals surface area contributed by atoms with E-state index in [1.54, 1.807) is 4.52 Å². The lowest BCUT2D eigenvalue weighted by Gasteiger charge is -2.12. The Hall–Kier alpha value is -2.43. The van der Waals surface area contributed by atoms with Crippen molar-refractivity contribution < 1.29 is 0 Å². The van der Waals surface area contributed by atoms with Crippen molar-refractivity contribution in [2.24, 2.45) is 0 Å². The summed E-state index contributed by atoms with van der Waals surface area (Å²) in [6.45, 7) is 4.09. The normalized spacial score (nSPS) is 10.8. The summed E-state index contributed by atoms with van der Waals surface area (Å²) in [5.74, 6) is 1.48. The zero-order valence-corrected chi connectivity index (χ0v) is 11.0. The molecule has 2 aromatic heterocycles. The molecule has 19 heavy (non-hydrogen) atoms. The standard InChI is InChI=1S/C14H15N5/c1-3-11-6-4-5-7-12(11)18-13-8-10(2)17-14-15-9-16-19(13)14/h4-9,18H,3H2,1-2H3. The maximum absolute atomic E-state index is 4.33. The first kappa shape index (κ1) is 11.6. The van der Waals surface area contributed by atoms with Crippen molar-refractivity contribution in [3.8, 4) is 0 Å². The molecule has 2 heterocycles. The van der Waals surface area contributed by atoms with Crippen LogP contribution >= 0.6 is 0 Å². The Morgan fingerprint density at radius 1 is 1.26 bits per heavy atom. The van der Waals surface area contributed by atoms with Crippen molar-refractivity contribution in [3.05, 3.63) is 47.9 Å². The highest BCUT2D eigenvalue weighted by molar-refractivity contribution is 5.62. The minimum Gasteiger partial charge on any atom is -0.340 e. The van der Waals surface area contributed by atoms with E-state index in [-0.39, 0.29) is 0 Å². The van der Waals surface area contributed by atoms with Crippen LogP contribution in [-0.2, 0) is 6.42 Å². The summed E-state index contributed by atoms with van der Waals surface area (Å²) in [5.41, 5.74) is 3.27. The van der Waals surface area contributed by atoms with Crippen molar-refractivity contribution in [2.75, 3.05) is 5.32 Å². The number of hydrogen-bond acceptors (Lipinski definition) is 4. The molecule has 0 radical (unpaired) electrons. The Balaban J connectivity index is 2.07. The Morgan fingerprint density at radius 3 is 2.95 bits per heavy atom. The molecule has 1 N–H and O–H groups in total. The Bertz CT molecular complexity index is 717. The highest BCUT2D eigenvalue weighted by Crippen LogP contribution is 2.21. The monoisotopic (exact) mass is 253 g/mol. The van der Waals surface area contributed by atoms with Gasteiger partial charge >= 0.3 is 0 Å². The largest absolute Gasteiger partial charge is 0.340 e. The van der Waals surface area contributed by atoms with E-state index in [1.807, 2.05) is 25.1 Å². The van der Waals surface area contributed by atoms with Crippen LogP contribution in [0.2, 0.25) is 0 Å². The van der Waals surface area contributed by atoms with E-state index < -0.39 is 0 Å². The van der Waals surface area contributed by atoms with Gasteiger partial charge in [0.05, 0.1) is 0 Å². The molecule has 3 rings (SSSR count). The van der Waals surface area contributed by atoms with E-state index in [0.717, 1.165) is 23.6 Å². The van der Waals surface area contributed by atoms with Crippen LogP contribution in [0.1, 0.15) is 18.2 Å². The van der Waals surface area contributed by atoms with Crippen LogP contribution in [0.5, 0.6) is 0 Å². The molecule has 0 bridgehead atoms. The number of nitrogens with one attached hydrogen (secondary N) is 1. The molecule has 0 aliphatic heterocycles. The molecule has 0 saturated carbocycles. The molecule has 3 aromatic rings. The predicted molar refractivity (Wildman–Crippen MR) is 74.6 cm³/mol. The van der Waals surface area contributed by atoms with Crippen LogP contribution < -0.4 is 5.32 Å². The molecule has 0 aliphatic rings. The lowest BCUT2D eigenvalue weighted by atomic mass is 10.1. The van der Waals surface area contributed by atoms with E-state index in [2.05, 4.69) is 39.4 Å². The molecule has 5 nitrogen and oxygen atoms in total. The van der Waals surface area contributed by atoms with Crippen molar-refractivity contribution in [1.82, 2.24) is 19.6 Å². The second kappa shape index (κ2) is 4.68. The van der Waals surface area contributed by atoms with Crippen molar-refractivity contribution >= 4 is 17.3 Å². The number of aromatic nitrogens is 4. The molecule has 5 heteroatoms. The van der Waals surface area contributed by atoms with E-state index in [1.165, 1.54) is 11.9 Å². The van der Waals surface area contributed by atoms with Gasteiger partial charge in [-0.05, 0) is 25.0 Å². The van der Waals surface area contributed by atoms with Crippen molar-refractivity contribution in [1.29, 1.82) is 0 Å². The van der Waals surface area contributed by atoms with E-state index >= 15 is 0 Å². The van der Waals surface area contributed by atoms with Gasteiger partial charge in [0.25, 0.3) is 5.78 Å². The first-order chi connectivity index (χ1) is 9.28. The lowest BCUT2D eigenvalue weighted by molar-refractivity contribution is 0.936. The number of nitrogens with zero attached hydrogens (tertiary/aromatic N) is 4. The summed E-state index contributed by atoms with van der Waals surface area (Å²) in [6, 6.07) is 10.2. The van der Waals surface area contributed by atoms with Crippen LogP contribution in [0.3, 0.4) is 0 Å². The SMILES string of the molecule is CCc1ccccc1Nc1cc(C)nc2ncnn12. The summed E-state index contributed by atoms with van der Waals surface area (Å²) in [5, 5.41) is 7.61. The number of aryl methyl sites for hydroxylation is 2. The summed E-state index contributed by atoms with van der Waals surface area (Å²) in [6.07, 6.45) is 2.49. The first-order valence-corrected chi connectivity index (χ1v) is 6.30. The van der Waals surface area contributed by atoms with Gasteiger partial charge in [-0.2, -0.15) is 14.6 Å². The molecule has 0 unspecified atom stereocenters. The molecule has 0 atom stereocenters. The van der Waals surface area contributed by atoms with Gasteiger partial charge in [-0.15, -0.1) is 0 Å². The third kappa shape index (κ3) is 2.14. The second-order valence-electron chi connectivity index (χ2n) is 4.39. The molecular formula is C14H15N5. The number of hydrogen-bond donors (Lipinski definition) is 1. The van der Waals surface area contributed by atoms with Gasteiger partial charge in [-0.3, -0.25) is 0 Å². The molecule has 0 fully saturated rings. The predicted octanol–water partition coefficient (Wildman–Crippen LogP) is 2.74. The summed E-state index contributed by atoms with van der Waals surface area (Å²) in [7, 11) is 0. The van der Waals surface area contributed by atoms with Gasteiger partial charge in [0.15, 0.2) is 0 Å². The molecule has 96 valence electrons. The third-order valence-electron chi connectivity index (χ3n) is 3.04. The first-order valence-electron chi connectivity index (χ1n) is 6.30. The van der Waals surface area contributed by atoms with Gasteiger partial charge in [-0.25, -0.2) is 4.98 Å². The van der Waals surface area contributed by atoms with Crippen LogP contribution in [0.4, 0.5) is 11.5 Å². The zero-order chi connectivity index (χ0) is 13.2.